The molecular formula is C18H22N6OS. The van der Waals surface area contributed by atoms with Gasteiger partial charge < -0.3 is 5.32 Å². The van der Waals surface area contributed by atoms with Crippen LogP contribution < -0.4 is 5.32 Å². The fraction of sp³-hybridized carbons (Fsp3) is 0.389. The number of aromatic nitrogens is 5. The topological polar surface area (TPSA) is 85.6 Å². The second-order valence-electron chi connectivity index (χ2n) is 6.09. The molecule has 8 heteroatoms. The average molecular weight is 370 g/mol. The Bertz CT molecular complexity index is 886. The van der Waals surface area contributed by atoms with E-state index < -0.39 is 0 Å². The minimum Gasteiger partial charge on any atom is -0.356 e. The van der Waals surface area contributed by atoms with Crippen LogP contribution >= 0.6 is 11.3 Å². The highest BCUT2D eigenvalue weighted by Crippen LogP contribution is 2.19. The van der Waals surface area contributed by atoms with Gasteiger partial charge in [0.05, 0.1) is 11.4 Å². The summed E-state index contributed by atoms with van der Waals surface area (Å²) < 4.78 is 1.86. The predicted molar refractivity (Wildman–Crippen MR) is 101 cm³/mol. The molecule has 3 heterocycles. The van der Waals surface area contributed by atoms with Crippen LogP contribution in [0.3, 0.4) is 0 Å². The fourth-order valence-corrected chi connectivity index (χ4v) is 3.57. The first kappa shape index (κ1) is 18.2. The highest BCUT2D eigenvalue weighted by atomic mass is 32.1. The molecule has 0 atom stereocenters. The molecule has 0 aromatic carbocycles. The van der Waals surface area contributed by atoms with E-state index in [0.29, 0.717) is 31.6 Å². The summed E-state index contributed by atoms with van der Waals surface area (Å²) in [6.45, 7) is 4.59. The lowest BCUT2D eigenvalue weighted by Crippen LogP contribution is -2.26. The van der Waals surface area contributed by atoms with Crippen LogP contribution in [0.25, 0.3) is 10.8 Å². The zero-order valence-corrected chi connectivity index (χ0v) is 16.0. The van der Waals surface area contributed by atoms with Gasteiger partial charge in [-0.1, -0.05) is 0 Å². The highest BCUT2D eigenvalue weighted by molar-refractivity contribution is 7.13. The SMILES string of the molecule is Cc1nn(C)c(C)c1CCC(=O)NCCc1csc(-c2ncccn2)n1. The summed E-state index contributed by atoms with van der Waals surface area (Å²) in [5.74, 6) is 0.685. The number of nitrogens with one attached hydrogen (secondary N) is 1. The number of nitrogens with zero attached hydrogens (tertiary/aromatic N) is 5. The highest BCUT2D eigenvalue weighted by Gasteiger charge is 2.11. The first-order chi connectivity index (χ1) is 12.5. The molecule has 0 saturated carbocycles. The summed E-state index contributed by atoms with van der Waals surface area (Å²) in [7, 11) is 1.93. The van der Waals surface area contributed by atoms with Crippen LogP contribution in [0.5, 0.6) is 0 Å². The van der Waals surface area contributed by atoms with E-state index in [1.54, 1.807) is 18.5 Å². The molecule has 1 amide bonds. The van der Waals surface area contributed by atoms with Gasteiger partial charge in [0.15, 0.2) is 10.8 Å². The summed E-state index contributed by atoms with van der Waals surface area (Å²) >= 11 is 1.52. The second kappa shape index (κ2) is 8.18. The Morgan fingerprint density at radius 1 is 1.23 bits per heavy atom. The number of amides is 1. The molecule has 3 aromatic heterocycles. The van der Waals surface area contributed by atoms with Crippen molar-refractivity contribution in [1.29, 1.82) is 0 Å². The fourth-order valence-electron chi connectivity index (χ4n) is 2.77. The van der Waals surface area contributed by atoms with Gasteiger partial charge in [-0.05, 0) is 31.9 Å². The van der Waals surface area contributed by atoms with Crippen molar-refractivity contribution < 1.29 is 4.79 Å². The minimum absolute atomic E-state index is 0.0505. The Morgan fingerprint density at radius 2 is 2.00 bits per heavy atom. The molecule has 0 unspecified atom stereocenters. The molecule has 26 heavy (non-hydrogen) atoms. The van der Waals surface area contributed by atoms with E-state index in [1.165, 1.54) is 11.3 Å². The monoisotopic (exact) mass is 370 g/mol. The van der Waals surface area contributed by atoms with Gasteiger partial charge in [0.2, 0.25) is 5.91 Å². The lowest BCUT2D eigenvalue weighted by molar-refractivity contribution is -0.121. The van der Waals surface area contributed by atoms with Gasteiger partial charge in [0.1, 0.15) is 0 Å². The molecule has 1 N–H and O–H groups in total. The van der Waals surface area contributed by atoms with Crippen molar-refractivity contribution in [3.63, 3.8) is 0 Å². The van der Waals surface area contributed by atoms with Gasteiger partial charge in [-0.25, -0.2) is 15.0 Å². The lowest BCUT2D eigenvalue weighted by Gasteiger charge is -2.05. The van der Waals surface area contributed by atoms with Crippen LogP contribution in [0.2, 0.25) is 0 Å². The van der Waals surface area contributed by atoms with Crippen LogP contribution in [0, 0.1) is 13.8 Å². The Balaban J connectivity index is 1.45. The lowest BCUT2D eigenvalue weighted by atomic mass is 10.1. The van der Waals surface area contributed by atoms with E-state index in [9.17, 15) is 4.79 Å². The Kier molecular flexibility index (Phi) is 5.72. The van der Waals surface area contributed by atoms with Crippen LogP contribution in [0.15, 0.2) is 23.8 Å². The molecule has 3 rings (SSSR count). The van der Waals surface area contributed by atoms with E-state index in [-0.39, 0.29) is 5.91 Å². The summed E-state index contributed by atoms with van der Waals surface area (Å²) in [5.41, 5.74) is 4.22. The van der Waals surface area contributed by atoms with Gasteiger partial charge in [-0.3, -0.25) is 9.48 Å². The van der Waals surface area contributed by atoms with Crippen molar-refractivity contribution in [3.05, 3.63) is 46.5 Å². The summed E-state index contributed by atoms with van der Waals surface area (Å²) in [5, 5.41) is 10.1. The molecule has 0 aliphatic heterocycles. The Hall–Kier alpha value is -2.61. The quantitative estimate of drug-likeness (QED) is 0.689. The molecule has 0 saturated heterocycles. The number of hydrogen-bond acceptors (Lipinski definition) is 6. The maximum absolute atomic E-state index is 12.1. The van der Waals surface area contributed by atoms with Crippen molar-refractivity contribution in [1.82, 2.24) is 30.0 Å². The van der Waals surface area contributed by atoms with E-state index in [1.807, 2.05) is 31.0 Å². The maximum Gasteiger partial charge on any atom is 0.220 e. The first-order valence-corrected chi connectivity index (χ1v) is 9.40. The zero-order valence-electron chi connectivity index (χ0n) is 15.2. The van der Waals surface area contributed by atoms with Crippen molar-refractivity contribution in [2.24, 2.45) is 7.05 Å². The third kappa shape index (κ3) is 4.32. The maximum atomic E-state index is 12.1. The predicted octanol–water partition coefficient (Wildman–Crippen LogP) is 2.24. The number of rotatable bonds is 7. The zero-order chi connectivity index (χ0) is 18.5. The molecular weight excluding hydrogens is 348 g/mol. The smallest absolute Gasteiger partial charge is 0.220 e. The van der Waals surface area contributed by atoms with Crippen LogP contribution in [-0.4, -0.2) is 37.2 Å². The summed E-state index contributed by atoms with van der Waals surface area (Å²) in [6.07, 6.45) is 5.28. The normalized spacial score (nSPS) is 10.9. The molecule has 7 nitrogen and oxygen atoms in total. The first-order valence-electron chi connectivity index (χ1n) is 8.52. The van der Waals surface area contributed by atoms with Gasteiger partial charge in [0.25, 0.3) is 0 Å². The summed E-state index contributed by atoms with van der Waals surface area (Å²) in [6, 6.07) is 1.78. The number of carbonyl (C=O) groups is 1. The molecule has 136 valence electrons. The van der Waals surface area contributed by atoms with Crippen molar-refractivity contribution in [2.75, 3.05) is 6.54 Å². The number of carbonyl (C=O) groups excluding carboxylic acids is 1. The van der Waals surface area contributed by atoms with Crippen LogP contribution in [0.1, 0.15) is 29.1 Å². The third-order valence-electron chi connectivity index (χ3n) is 4.27. The Morgan fingerprint density at radius 3 is 2.69 bits per heavy atom. The van der Waals surface area contributed by atoms with Crippen molar-refractivity contribution in [3.8, 4) is 10.8 Å². The number of thiazole rings is 1. The van der Waals surface area contributed by atoms with Crippen LogP contribution in [0.4, 0.5) is 0 Å². The van der Waals surface area contributed by atoms with Gasteiger partial charge in [0, 0.05) is 49.9 Å². The largest absolute Gasteiger partial charge is 0.356 e. The Labute approximate surface area is 156 Å². The second-order valence-corrected chi connectivity index (χ2v) is 6.95. The van der Waals surface area contributed by atoms with Crippen molar-refractivity contribution in [2.45, 2.75) is 33.1 Å². The van der Waals surface area contributed by atoms with Gasteiger partial charge >= 0.3 is 0 Å². The minimum atomic E-state index is 0.0505. The average Bonchev–Trinajstić information content (AvgIpc) is 3.20. The molecule has 0 aliphatic rings. The van der Waals surface area contributed by atoms with E-state index in [0.717, 1.165) is 27.7 Å². The van der Waals surface area contributed by atoms with Crippen molar-refractivity contribution >= 4 is 17.2 Å². The number of aryl methyl sites for hydroxylation is 2. The molecule has 0 bridgehead atoms. The van der Waals surface area contributed by atoms with Gasteiger partial charge in [-0.15, -0.1) is 11.3 Å². The summed E-state index contributed by atoms with van der Waals surface area (Å²) in [4.78, 5) is 25.0. The molecule has 0 spiro atoms. The van der Waals surface area contributed by atoms with E-state index in [4.69, 9.17) is 0 Å². The number of hydrogen-bond donors (Lipinski definition) is 1. The van der Waals surface area contributed by atoms with Crippen LogP contribution in [-0.2, 0) is 24.7 Å². The van der Waals surface area contributed by atoms with Gasteiger partial charge in [-0.2, -0.15) is 5.10 Å². The standard InChI is InChI=1S/C18H22N6OS/c1-12-15(13(2)24(3)23-12)5-6-16(25)19-10-7-14-11-26-18(22-14)17-20-8-4-9-21-17/h4,8-9,11H,5-7,10H2,1-3H3,(H,19,25). The molecule has 3 aromatic rings. The third-order valence-corrected chi connectivity index (χ3v) is 5.16. The molecule has 0 fully saturated rings. The molecule has 0 aliphatic carbocycles. The van der Waals surface area contributed by atoms with E-state index in [2.05, 4.69) is 25.4 Å². The molecule has 0 radical (unpaired) electrons. The van der Waals surface area contributed by atoms with E-state index >= 15 is 0 Å².